The molecule has 4 N–H and O–H groups in total. The van der Waals surface area contributed by atoms with Crippen LogP contribution in [0.25, 0.3) is 0 Å². The van der Waals surface area contributed by atoms with Gasteiger partial charge in [-0.15, -0.1) is 11.3 Å². The van der Waals surface area contributed by atoms with E-state index < -0.39 is 23.5 Å². The number of nitrogens with one attached hydrogen (secondary N) is 2. The van der Waals surface area contributed by atoms with Gasteiger partial charge in [-0.05, 0) is 6.92 Å². The molecule has 0 unspecified atom stereocenters. The van der Waals surface area contributed by atoms with Gasteiger partial charge in [-0.25, -0.2) is 15.0 Å². The Kier molecular flexibility index (Phi) is 6.83. The van der Waals surface area contributed by atoms with E-state index in [0.29, 0.717) is 13.1 Å². The maximum atomic E-state index is 12.0. The Morgan fingerprint density at radius 1 is 1.03 bits per heavy atom. The van der Waals surface area contributed by atoms with E-state index in [4.69, 9.17) is 5.73 Å². The first-order valence-corrected chi connectivity index (χ1v) is 11.2. The third-order valence-electron chi connectivity index (χ3n) is 5.42. The average molecular weight is 487 g/mol. The van der Waals surface area contributed by atoms with Crippen LogP contribution in [0.3, 0.4) is 0 Å². The van der Waals surface area contributed by atoms with Gasteiger partial charge in [-0.3, -0.25) is 28.5 Å². The molecule has 34 heavy (non-hydrogen) atoms. The van der Waals surface area contributed by atoms with Crippen LogP contribution in [-0.4, -0.2) is 76.0 Å². The second-order valence-electron chi connectivity index (χ2n) is 7.81. The molecule has 3 aromatic rings. The molecule has 2 fully saturated rings. The van der Waals surface area contributed by atoms with Gasteiger partial charge in [0.2, 0.25) is 23.4 Å². The zero-order valence-corrected chi connectivity index (χ0v) is 18.9. The number of amides is 2. The maximum Gasteiger partial charge on any atom is 0.247 e. The summed E-state index contributed by atoms with van der Waals surface area (Å²) < 4.78 is 3.22. The van der Waals surface area contributed by atoms with E-state index in [2.05, 4.69) is 35.8 Å². The molecule has 0 radical (unpaired) electrons. The fourth-order valence-electron chi connectivity index (χ4n) is 3.46. The predicted molar refractivity (Wildman–Crippen MR) is 116 cm³/mol. The van der Waals surface area contributed by atoms with Crippen molar-refractivity contribution in [3.05, 3.63) is 41.4 Å². The zero-order valence-electron chi connectivity index (χ0n) is 18.1. The van der Waals surface area contributed by atoms with Crippen molar-refractivity contribution in [1.82, 2.24) is 45.1 Å². The molecule has 2 saturated heterocycles. The number of hydrogen-bond acceptors (Lipinski definition) is 11. The van der Waals surface area contributed by atoms with Gasteiger partial charge in [0.25, 0.3) is 0 Å². The minimum atomic E-state index is -0.636. The van der Waals surface area contributed by atoms with Gasteiger partial charge >= 0.3 is 0 Å². The summed E-state index contributed by atoms with van der Waals surface area (Å²) >= 11 is 1.31. The maximum absolute atomic E-state index is 12.0. The van der Waals surface area contributed by atoms with Crippen LogP contribution in [0.4, 0.5) is 0 Å². The molecule has 0 saturated carbocycles. The quantitative estimate of drug-likeness (QED) is 0.184. The molecule has 0 bridgehead atoms. The van der Waals surface area contributed by atoms with Crippen LogP contribution in [0, 0.1) is 12.8 Å². The van der Waals surface area contributed by atoms with Crippen molar-refractivity contribution in [1.29, 1.82) is 0 Å². The lowest BCUT2D eigenvalue weighted by molar-refractivity contribution is -0.138. The summed E-state index contributed by atoms with van der Waals surface area (Å²) in [5.74, 6) is -2.06. The smallest absolute Gasteiger partial charge is 0.247 e. The third-order valence-corrected chi connectivity index (χ3v) is 6.20. The van der Waals surface area contributed by atoms with Crippen LogP contribution < -0.4 is 16.4 Å². The number of nitrogens with zero attached hydrogens (tertiary/aromatic N) is 7. The highest BCUT2D eigenvalue weighted by atomic mass is 32.1. The molecule has 4 atom stereocenters. The number of carbonyl (C=O) groups excluding carboxylic acids is 4. The first kappa shape index (κ1) is 23.3. The Balaban J connectivity index is 0.000000192. The highest BCUT2D eigenvalue weighted by molar-refractivity contribution is 7.09. The normalized spacial score (nSPS) is 23.0. The molecule has 3 aromatic heterocycles. The molecule has 5 heterocycles. The number of aryl methyl sites for hydroxylation is 1. The highest BCUT2D eigenvalue weighted by Crippen LogP contribution is 2.22. The van der Waals surface area contributed by atoms with Crippen LogP contribution in [-0.2, 0) is 27.5 Å². The van der Waals surface area contributed by atoms with Crippen molar-refractivity contribution in [3.63, 3.8) is 0 Å². The van der Waals surface area contributed by atoms with Crippen LogP contribution in [0.15, 0.2) is 30.7 Å². The molecule has 0 aliphatic carbocycles. The van der Waals surface area contributed by atoms with Crippen molar-refractivity contribution < 1.29 is 19.2 Å². The van der Waals surface area contributed by atoms with Crippen LogP contribution in [0.2, 0.25) is 0 Å². The molecule has 178 valence electrons. The van der Waals surface area contributed by atoms with E-state index in [1.807, 2.05) is 0 Å². The summed E-state index contributed by atoms with van der Waals surface area (Å²) in [5.41, 5.74) is 5.66. The van der Waals surface area contributed by atoms with Crippen molar-refractivity contribution in [2.24, 2.45) is 11.7 Å². The fourth-order valence-corrected chi connectivity index (χ4v) is 4.05. The molecule has 0 aromatic carbocycles. The Morgan fingerprint density at radius 3 is 2.12 bits per heavy atom. The summed E-state index contributed by atoms with van der Waals surface area (Å²) in [5, 5.41) is 15.5. The molecular formula is C19H22N10O4S. The van der Waals surface area contributed by atoms with Gasteiger partial charge in [-0.1, -0.05) is 0 Å². The van der Waals surface area contributed by atoms with Gasteiger partial charge in [0.15, 0.2) is 0 Å². The number of aromatic nitrogens is 7. The lowest BCUT2D eigenvalue weighted by Gasteiger charge is -2.36. The average Bonchev–Trinajstić information content (AvgIpc) is 3.60. The Bertz CT molecular complexity index is 1180. The summed E-state index contributed by atoms with van der Waals surface area (Å²) in [4.78, 5) is 58.0. The predicted octanol–water partition coefficient (Wildman–Crippen LogP) is -1.90. The minimum Gasteiger partial charge on any atom is -0.350 e. The van der Waals surface area contributed by atoms with Crippen molar-refractivity contribution in [2.75, 3.05) is 0 Å². The summed E-state index contributed by atoms with van der Waals surface area (Å²) in [6.07, 6.45) is 5.87. The van der Waals surface area contributed by atoms with Gasteiger partial charge in [-0.2, -0.15) is 10.2 Å². The van der Waals surface area contributed by atoms with Crippen LogP contribution in [0.1, 0.15) is 21.9 Å². The molecule has 2 amide bonds. The van der Waals surface area contributed by atoms with E-state index in [-0.39, 0.29) is 36.0 Å². The van der Waals surface area contributed by atoms with Gasteiger partial charge in [0.1, 0.15) is 37.0 Å². The van der Waals surface area contributed by atoms with E-state index >= 15 is 0 Å². The lowest BCUT2D eigenvalue weighted by atomic mass is 9.85. The van der Waals surface area contributed by atoms with E-state index in [1.54, 1.807) is 28.0 Å². The second-order valence-corrected chi connectivity index (χ2v) is 8.87. The molecule has 0 spiro atoms. The first-order valence-electron chi connectivity index (χ1n) is 10.3. The standard InChI is InChI=1S/C13H13N5O3S.C6H9N5O/c1-7-16-10(4-22-7)12(20)11(19)2-8-9(17-13(8)21)3-18-6-14-5-15-18;7-5-4(10-6(5)12)1-11-3-8-2-9-11/h4-6,8-9H,2-3H2,1H3,(H,17,21);2-5H,1,7H2,(H,10,12)/t8-,9+;4-,5+/m01/s1. The highest BCUT2D eigenvalue weighted by Gasteiger charge is 2.42. The molecule has 15 heteroatoms. The van der Waals surface area contributed by atoms with E-state index in [9.17, 15) is 19.2 Å². The van der Waals surface area contributed by atoms with Gasteiger partial charge in [0.05, 0.1) is 36.1 Å². The fraction of sp³-hybridized carbons (Fsp3) is 0.421. The molecule has 2 aliphatic heterocycles. The molecule has 14 nitrogen and oxygen atoms in total. The van der Waals surface area contributed by atoms with Crippen molar-refractivity contribution in [2.45, 2.75) is 44.6 Å². The second kappa shape index (κ2) is 9.96. The first-order chi connectivity index (χ1) is 16.3. The number of nitrogens with two attached hydrogens (primary N) is 1. The molecular weight excluding hydrogens is 464 g/mol. The Labute approximate surface area is 197 Å². The monoisotopic (exact) mass is 486 g/mol. The summed E-state index contributed by atoms with van der Waals surface area (Å²) in [6.45, 7) is 2.78. The van der Waals surface area contributed by atoms with Gasteiger partial charge < -0.3 is 16.4 Å². The van der Waals surface area contributed by atoms with Crippen molar-refractivity contribution in [3.8, 4) is 0 Å². The molecule has 2 aliphatic rings. The minimum absolute atomic E-state index is 0.000741. The van der Waals surface area contributed by atoms with Crippen LogP contribution >= 0.6 is 11.3 Å². The number of rotatable bonds is 8. The van der Waals surface area contributed by atoms with Crippen LogP contribution in [0.5, 0.6) is 0 Å². The number of hydrogen-bond donors (Lipinski definition) is 3. The van der Waals surface area contributed by atoms with E-state index in [0.717, 1.165) is 5.01 Å². The lowest BCUT2D eigenvalue weighted by Crippen LogP contribution is -2.67. The summed E-state index contributed by atoms with van der Waals surface area (Å²) in [6, 6.07) is -0.614. The number of ketones is 2. The number of Topliss-reactive ketones (excluding diaryl/α,β-unsaturated/α-hetero) is 2. The molecule has 5 rings (SSSR count). The van der Waals surface area contributed by atoms with Crippen molar-refractivity contribution >= 4 is 34.7 Å². The topological polar surface area (TPSA) is 193 Å². The Morgan fingerprint density at radius 2 is 1.65 bits per heavy atom. The third kappa shape index (κ3) is 5.20. The number of β-lactam (4-membered cyclic amide) rings is 2. The largest absolute Gasteiger partial charge is 0.350 e. The van der Waals surface area contributed by atoms with Gasteiger partial charge in [0, 0.05) is 11.8 Å². The SMILES string of the molecule is Cc1nc(C(=O)C(=O)C[C@@H]2C(=O)N[C@@H]2Cn2cncn2)cs1.N[C@@H]1C(=O)N[C@@H]1Cn1cncn1. The number of thiazole rings is 1. The zero-order chi connectivity index (χ0) is 24.2. The number of carbonyl (C=O) groups is 4. The van der Waals surface area contributed by atoms with E-state index in [1.165, 1.54) is 30.3 Å². The Hall–Kier alpha value is -3.85. The summed E-state index contributed by atoms with van der Waals surface area (Å²) in [7, 11) is 0.